The molecular formula is C17H22N2O2S. The van der Waals surface area contributed by atoms with Gasteiger partial charge in [-0.15, -0.1) is 11.3 Å². The summed E-state index contributed by atoms with van der Waals surface area (Å²) in [5.41, 5.74) is 0.982. The van der Waals surface area contributed by atoms with E-state index in [4.69, 9.17) is 4.74 Å². The summed E-state index contributed by atoms with van der Waals surface area (Å²) in [4.78, 5) is 15.5. The van der Waals surface area contributed by atoms with Crippen molar-refractivity contribution in [3.8, 4) is 5.75 Å². The Kier molecular flexibility index (Phi) is 5.98. The molecule has 0 unspecified atom stereocenters. The molecule has 1 heterocycles. The van der Waals surface area contributed by atoms with Crippen molar-refractivity contribution in [2.75, 3.05) is 27.7 Å². The third-order valence-corrected chi connectivity index (χ3v) is 4.48. The quantitative estimate of drug-likeness (QED) is 0.853. The first kappa shape index (κ1) is 16.5. The van der Waals surface area contributed by atoms with Crippen LogP contribution in [0.5, 0.6) is 5.75 Å². The molecule has 1 atom stereocenters. The molecule has 0 fully saturated rings. The fourth-order valence-electron chi connectivity index (χ4n) is 2.22. The highest BCUT2D eigenvalue weighted by Gasteiger charge is 2.16. The van der Waals surface area contributed by atoms with Crippen LogP contribution in [-0.2, 0) is 11.2 Å². The minimum atomic E-state index is 0.0357. The largest absolute Gasteiger partial charge is 0.497 e. The highest BCUT2D eigenvalue weighted by atomic mass is 32.1. The topological polar surface area (TPSA) is 41.6 Å². The maximum Gasteiger partial charge on any atom is 0.224 e. The Morgan fingerprint density at radius 2 is 2.00 bits per heavy atom. The summed E-state index contributed by atoms with van der Waals surface area (Å²) in [6, 6.07) is 11.9. The van der Waals surface area contributed by atoms with Gasteiger partial charge in [-0.3, -0.25) is 4.79 Å². The van der Waals surface area contributed by atoms with E-state index in [0.29, 0.717) is 13.0 Å². The molecule has 0 aliphatic rings. The molecule has 5 heteroatoms. The minimum Gasteiger partial charge on any atom is -0.497 e. The Labute approximate surface area is 135 Å². The Hall–Kier alpha value is -1.85. The van der Waals surface area contributed by atoms with Crippen LogP contribution in [0.3, 0.4) is 0 Å². The van der Waals surface area contributed by atoms with Crippen LogP contribution in [0.4, 0.5) is 0 Å². The van der Waals surface area contributed by atoms with Crippen LogP contribution in [0, 0.1) is 0 Å². The average Bonchev–Trinajstić information content (AvgIpc) is 3.02. The highest BCUT2D eigenvalue weighted by Crippen LogP contribution is 2.22. The molecule has 1 aromatic heterocycles. The summed E-state index contributed by atoms with van der Waals surface area (Å²) in [5.74, 6) is 0.836. The molecule has 1 amide bonds. The number of benzene rings is 1. The Bertz CT molecular complexity index is 579. The first-order valence-corrected chi connectivity index (χ1v) is 8.07. The third-order valence-electron chi connectivity index (χ3n) is 3.51. The molecule has 1 aromatic carbocycles. The van der Waals surface area contributed by atoms with E-state index in [2.05, 4.69) is 21.7 Å². The normalized spacial score (nSPS) is 12.2. The molecule has 22 heavy (non-hydrogen) atoms. The fraction of sp³-hybridized carbons (Fsp3) is 0.353. The van der Waals surface area contributed by atoms with Gasteiger partial charge in [0, 0.05) is 11.4 Å². The molecule has 2 aromatic rings. The van der Waals surface area contributed by atoms with E-state index in [1.165, 1.54) is 4.88 Å². The molecule has 1 N–H and O–H groups in total. The second-order valence-electron chi connectivity index (χ2n) is 5.32. The predicted molar refractivity (Wildman–Crippen MR) is 90.5 cm³/mol. The molecule has 0 saturated carbocycles. The maximum absolute atomic E-state index is 12.1. The van der Waals surface area contributed by atoms with Gasteiger partial charge >= 0.3 is 0 Å². The van der Waals surface area contributed by atoms with Crippen LogP contribution in [-0.4, -0.2) is 38.6 Å². The van der Waals surface area contributed by atoms with Gasteiger partial charge in [-0.1, -0.05) is 18.2 Å². The SMILES string of the molecule is COc1ccc(CC(=O)NC[C@H](c2cccs2)N(C)C)cc1. The number of amides is 1. The number of thiophene rings is 1. The van der Waals surface area contributed by atoms with Crippen molar-refractivity contribution in [2.24, 2.45) is 0 Å². The second-order valence-corrected chi connectivity index (χ2v) is 6.30. The van der Waals surface area contributed by atoms with Crippen molar-refractivity contribution in [3.63, 3.8) is 0 Å². The van der Waals surface area contributed by atoms with Gasteiger partial charge in [0.25, 0.3) is 0 Å². The zero-order chi connectivity index (χ0) is 15.9. The molecule has 4 nitrogen and oxygen atoms in total. The number of ether oxygens (including phenoxy) is 1. The summed E-state index contributed by atoms with van der Waals surface area (Å²) in [7, 11) is 5.69. The third kappa shape index (κ3) is 4.58. The van der Waals surface area contributed by atoms with Gasteiger partial charge in [0.1, 0.15) is 5.75 Å². The summed E-state index contributed by atoms with van der Waals surface area (Å²) >= 11 is 1.71. The van der Waals surface area contributed by atoms with E-state index in [9.17, 15) is 4.79 Å². The van der Waals surface area contributed by atoms with Crippen molar-refractivity contribution in [2.45, 2.75) is 12.5 Å². The molecule has 0 aliphatic carbocycles. The zero-order valence-corrected chi connectivity index (χ0v) is 14.0. The maximum atomic E-state index is 12.1. The molecule has 0 saturated heterocycles. The number of hydrogen-bond donors (Lipinski definition) is 1. The van der Waals surface area contributed by atoms with Crippen LogP contribution < -0.4 is 10.1 Å². The molecule has 118 valence electrons. The standard InChI is InChI=1S/C17H22N2O2S/c1-19(2)15(16-5-4-10-22-16)12-18-17(20)11-13-6-8-14(21-3)9-7-13/h4-10,15H,11-12H2,1-3H3,(H,18,20)/t15-/m1/s1. The number of methoxy groups -OCH3 is 1. The van der Waals surface area contributed by atoms with E-state index in [0.717, 1.165) is 11.3 Å². The monoisotopic (exact) mass is 318 g/mol. The number of likely N-dealkylation sites (N-methyl/N-ethyl adjacent to an activating group) is 1. The molecular weight excluding hydrogens is 296 g/mol. The molecule has 0 aliphatic heterocycles. The van der Waals surface area contributed by atoms with Crippen molar-refractivity contribution < 1.29 is 9.53 Å². The summed E-state index contributed by atoms with van der Waals surface area (Å²) in [6.07, 6.45) is 0.384. The summed E-state index contributed by atoms with van der Waals surface area (Å²) < 4.78 is 5.12. The van der Waals surface area contributed by atoms with E-state index in [1.807, 2.05) is 44.4 Å². The molecule has 0 bridgehead atoms. The van der Waals surface area contributed by atoms with Crippen molar-refractivity contribution in [1.82, 2.24) is 10.2 Å². The van der Waals surface area contributed by atoms with E-state index in [-0.39, 0.29) is 11.9 Å². The lowest BCUT2D eigenvalue weighted by Gasteiger charge is -2.23. The number of carbonyl (C=O) groups is 1. The lowest BCUT2D eigenvalue weighted by molar-refractivity contribution is -0.120. The van der Waals surface area contributed by atoms with Crippen LogP contribution in [0.25, 0.3) is 0 Å². The van der Waals surface area contributed by atoms with Crippen LogP contribution >= 0.6 is 11.3 Å². The van der Waals surface area contributed by atoms with Gasteiger partial charge < -0.3 is 15.0 Å². The Morgan fingerprint density at radius 1 is 1.27 bits per heavy atom. The Morgan fingerprint density at radius 3 is 2.55 bits per heavy atom. The zero-order valence-electron chi connectivity index (χ0n) is 13.2. The highest BCUT2D eigenvalue weighted by molar-refractivity contribution is 7.10. The number of nitrogens with zero attached hydrogens (tertiary/aromatic N) is 1. The summed E-state index contributed by atoms with van der Waals surface area (Å²) in [5, 5.41) is 5.08. The van der Waals surface area contributed by atoms with Crippen molar-refractivity contribution >= 4 is 17.2 Å². The lowest BCUT2D eigenvalue weighted by Crippen LogP contribution is -2.34. The predicted octanol–water partition coefficient (Wildman–Crippen LogP) is 2.72. The molecule has 0 spiro atoms. The number of hydrogen-bond acceptors (Lipinski definition) is 4. The second kappa shape index (κ2) is 7.96. The van der Waals surface area contributed by atoms with E-state index in [1.54, 1.807) is 18.4 Å². The fourth-order valence-corrected chi connectivity index (χ4v) is 3.14. The van der Waals surface area contributed by atoms with Gasteiger partial charge in [-0.2, -0.15) is 0 Å². The Balaban J connectivity index is 1.88. The average molecular weight is 318 g/mol. The number of nitrogens with one attached hydrogen (secondary N) is 1. The van der Waals surface area contributed by atoms with Crippen molar-refractivity contribution in [1.29, 1.82) is 0 Å². The van der Waals surface area contributed by atoms with E-state index < -0.39 is 0 Å². The van der Waals surface area contributed by atoms with Crippen molar-refractivity contribution in [3.05, 3.63) is 52.2 Å². The lowest BCUT2D eigenvalue weighted by atomic mass is 10.1. The van der Waals surface area contributed by atoms with E-state index >= 15 is 0 Å². The first-order chi connectivity index (χ1) is 10.6. The van der Waals surface area contributed by atoms with Gasteiger partial charge in [0.15, 0.2) is 0 Å². The minimum absolute atomic E-state index is 0.0357. The van der Waals surface area contributed by atoms with Gasteiger partial charge in [0.2, 0.25) is 5.91 Å². The number of rotatable bonds is 7. The number of carbonyl (C=O) groups excluding carboxylic acids is 1. The first-order valence-electron chi connectivity index (χ1n) is 7.19. The van der Waals surface area contributed by atoms with Gasteiger partial charge in [-0.05, 0) is 43.2 Å². The molecule has 0 radical (unpaired) electrons. The summed E-state index contributed by atoms with van der Waals surface area (Å²) in [6.45, 7) is 0.614. The van der Waals surface area contributed by atoms with Crippen LogP contribution in [0.1, 0.15) is 16.5 Å². The van der Waals surface area contributed by atoms with Crippen LogP contribution in [0.2, 0.25) is 0 Å². The molecule has 2 rings (SSSR count). The van der Waals surface area contributed by atoms with Crippen LogP contribution in [0.15, 0.2) is 41.8 Å². The smallest absolute Gasteiger partial charge is 0.224 e. The van der Waals surface area contributed by atoms with Gasteiger partial charge in [-0.25, -0.2) is 0 Å². The van der Waals surface area contributed by atoms with Gasteiger partial charge in [0.05, 0.1) is 19.6 Å².